The van der Waals surface area contributed by atoms with Crippen LogP contribution in [0.2, 0.25) is 0 Å². The van der Waals surface area contributed by atoms with Gasteiger partial charge in [0.25, 0.3) is 0 Å². The number of carboxylic acid groups (broad SMARTS) is 1. The van der Waals surface area contributed by atoms with Crippen LogP contribution in [0.3, 0.4) is 0 Å². The molecule has 0 radical (unpaired) electrons. The lowest BCUT2D eigenvalue weighted by atomic mass is 9.95. The standard InChI is InChI=1S/C16H20BrNO3/c1-10-7-13(14(8-10)16(20)21)15(19)18(2)9-11-3-5-12(17)6-4-11/h3-6,10,13-14H,7-9H2,1-2H3,(H,20,21)/t10?,13-,14+/m0/s1. The van der Waals surface area contributed by atoms with E-state index >= 15 is 0 Å². The van der Waals surface area contributed by atoms with E-state index in [1.54, 1.807) is 11.9 Å². The molecular weight excluding hydrogens is 334 g/mol. The van der Waals surface area contributed by atoms with Gasteiger partial charge in [-0.3, -0.25) is 9.59 Å². The molecular formula is C16H20BrNO3. The summed E-state index contributed by atoms with van der Waals surface area (Å²) in [4.78, 5) is 25.5. The number of aliphatic carboxylic acids is 1. The molecule has 4 nitrogen and oxygen atoms in total. The van der Waals surface area contributed by atoms with Crippen LogP contribution in [0.1, 0.15) is 25.3 Å². The Morgan fingerprint density at radius 2 is 1.81 bits per heavy atom. The fourth-order valence-electron chi connectivity index (χ4n) is 3.06. The van der Waals surface area contributed by atoms with Gasteiger partial charge in [0.05, 0.1) is 11.8 Å². The highest BCUT2D eigenvalue weighted by atomic mass is 79.9. The van der Waals surface area contributed by atoms with E-state index in [0.717, 1.165) is 10.0 Å². The number of benzene rings is 1. The van der Waals surface area contributed by atoms with Crippen molar-refractivity contribution in [2.24, 2.45) is 17.8 Å². The minimum Gasteiger partial charge on any atom is -0.481 e. The Kier molecular flexibility index (Phi) is 5.04. The molecule has 114 valence electrons. The van der Waals surface area contributed by atoms with Gasteiger partial charge in [-0.15, -0.1) is 0 Å². The van der Waals surface area contributed by atoms with Gasteiger partial charge in [-0.1, -0.05) is 35.0 Å². The number of carbonyl (C=O) groups excluding carboxylic acids is 1. The summed E-state index contributed by atoms with van der Waals surface area (Å²) in [6, 6.07) is 7.79. The average molecular weight is 354 g/mol. The first kappa shape index (κ1) is 16.0. The SMILES string of the molecule is CC1C[C@H](C(=O)N(C)Cc2ccc(Br)cc2)[C@H](C(=O)O)C1. The van der Waals surface area contributed by atoms with Crippen LogP contribution in [0, 0.1) is 17.8 Å². The van der Waals surface area contributed by atoms with Crippen LogP contribution in [-0.2, 0) is 16.1 Å². The average Bonchev–Trinajstić information content (AvgIpc) is 2.82. The number of hydrogen-bond donors (Lipinski definition) is 1. The molecule has 3 atom stereocenters. The van der Waals surface area contributed by atoms with Gasteiger partial charge in [0.1, 0.15) is 0 Å². The molecule has 0 aliphatic heterocycles. The highest BCUT2D eigenvalue weighted by Gasteiger charge is 2.42. The summed E-state index contributed by atoms with van der Waals surface area (Å²) < 4.78 is 0.996. The van der Waals surface area contributed by atoms with Crippen molar-refractivity contribution < 1.29 is 14.7 Å². The first-order valence-electron chi connectivity index (χ1n) is 7.10. The maximum Gasteiger partial charge on any atom is 0.307 e. The second-order valence-electron chi connectivity index (χ2n) is 5.95. The van der Waals surface area contributed by atoms with Crippen LogP contribution in [0.5, 0.6) is 0 Å². The number of nitrogens with zero attached hydrogens (tertiary/aromatic N) is 1. The normalized spacial score (nSPS) is 24.8. The van der Waals surface area contributed by atoms with Crippen LogP contribution >= 0.6 is 15.9 Å². The highest BCUT2D eigenvalue weighted by molar-refractivity contribution is 9.10. The number of carbonyl (C=O) groups is 2. The van der Waals surface area contributed by atoms with Crippen LogP contribution in [0.4, 0.5) is 0 Å². The molecule has 1 aliphatic rings. The van der Waals surface area contributed by atoms with Gasteiger partial charge >= 0.3 is 5.97 Å². The zero-order chi connectivity index (χ0) is 15.6. The summed E-state index contributed by atoms with van der Waals surface area (Å²) in [7, 11) is 1.74. The van der Waals surface area contributed by atoms with Crippen LogP contribution in [0.25, 0.3) is 0 Å². The van der Waals surface area contributed by atoms with E-state index in [2.05, 4.69) is 15.9 Å². The topological polar surface area (TPSA) is 57.6 Å². The summed E-state index contributed by atoms with van der Waals surface area (Å²) in [5, 5.41) is 9.28. The van der Waals surface area contributed by atoms with Crippen LogP contribution in [0.15, 0.2) is 28.7 Å². The van der Waals surface area contributed by atoms with Crippen molar-refractivity contribution in [3.05, 3.63) is 34.3 Å². The predicted octanol–water partition coefficient (Wildman–Crippen LogP) is 3.15. The number of rotatable bonds is 4. The Morgan fingerprint density at radius 3 is 2.38 bits per heavy atom. The molecule has 0 heterocycles. The van der Waals surface area contributed by atoms with Crippen molar-refractivity contribution in [1.82, 2.24) is 4.90 Å². The third kappa shape index (κ3) is 3.84. The number of halogens is 1. The molecule has 5 heteroatoms. The van der Waals surface area contributed by atoms with Gasteiger partial charge in [-0.2, -0.15) is 0 Å². The van der Waals surface area contributed by atoms with Crippen molar-refractivity contribution in [3.63, 3.8) is 0 Å². The van der Waals surface area contributed by atoms with Crippen LogP contribution in [-0.4, -0.2) is 28.9 Å². The molecule has 0 bridgehead atoms. The molecule has 0 saturated heterocycles. The van der Waals surface area contributed by atoms with E-state index in [1.807, 2.05) is 31.2 Å². The lowest BCUT2D eigenvalue weighted by Crippen LogP contribution is -2.36. The summed E-state index contributed by atoms with van der Waals surface area (Å²) >= 11 is 3.38. The van der Waals surface area contributed by atoms with Crippen molar-refractivity contribution in [2.75, 3.05) is 7.05 Å². The Morgan fingerprint density at radius 1 is 1.24 bits per heavy atom. The highest BCUT2D eigenvalue weighted by Crippen LogP contribution is 2.37. The maximum atomic E-state index is 12.5. The van der Waals surface area contributed by atoms with Crippen molar-refractivity contribution in [2.45, 2.75) is 26.3 Å². The third-order valence-corrected chi connectivity index (χ3v) is 4.67. The molecule has 1 saturated carbocycles. The second-order valence-corrected chi connectivity index (χ2v) is 6.86. The van der Waals surface area contributed by atoms with E-state index in [4.69, 9.17) is 0 Å². The largest absolute Gasteiger partial charge is 0.481 e. The molecule has 1 N–H and O–H groups in total. The monoisotopic (exact) mass is 353 g/mol. The number of hydrogen-bond acceptors (Lipinski definition) is 2. The summed E-state index contributed by atoms with van der Waals surface area (Å²) in [6.45, 7) is 2.52. The first-order chi connectivity index (χ1) is 9.88. The van der Waals surface area contributed by atoms with Gasteiger partial charge in [0.15, 0.2) is 0 Å². The number of amides is 1. The molecule has 0 aromatic heterocycles. The molecule has 21 heavy (non-hydrogen) atoms. The van der Waals surface area contributed by atoms with E-state index in [0.29, 0.717) is 25.3 Å². The van der Waals surface area contributed by atoms with E-state index < -0.39 is 17.8 Å². The molecule has 1 fully saturated rings. The molecule has 1 amide bonds. The summed E-state index contributed by atoms with van der Waals surface area (Å²) in [5.74, 6) is -1.55. The van der Waals surface area contributed by atoms with E-state index in [9.17, 15) is 14.7 Å². The Balaban J connectivity index is 2.04. The summed E-state index contributed by atoms with van der Waals surface area (Å²) in [6.07, 6.45) is 1.26. The zero-order valence-corrected chi connectivity index (χ0v) is 13.8. The molecule has 1 unspecified atom stereocenters. The lowest BCUT2D eigenvalue weighted by molar-refractivity contribution is -0.148. The maximum absolute atomic E-state index is 12.5. The van der Waals surface area contributed by atoms with Crippen LogP contribution < -0.4 is 0 Å². The molecule has 1 aromatic carbocycles. The predicted molar refractivity (Wildman–Crippen MR) is 83.6 cm³/mol. The fraction of sp³-hybridized carbons (Fsp3) is 0.500. The quantitative estimate of drug-likeness (QED) is 0.904. The second kappa shape index (κ2) is 6.60. The van der Waals surface area contributed by atoms with Crippen molar-refractivity contribution >= 4 is 27.8 Å². The minimum absolute atomic E-state index is 0.0605. The fourth-order valence-corrected chi connectivity index (χ4v) is 3.33. The Labute approximate surface area is 133 Å². The van der Waals surface area contributed by atoms with E-state index in [-0.39, 0.29) is 5.91 Å². The van der Waals surface area contributed by atoms with Gasteiger partial charge in [0.2, 0.25) is 5.91 Å². The summed E-state index contributed by atoms with van der Waals surface area (Å²) in [5.41, 5.74) is 1.03. The molecule has 1 aromatic rings. The van der Waals surface area contributed by atoms with Crippen molar-refractivity contribution in [3.8, 4) is 0 Å². The van der Waals surface area contributed by atoms with Gasteiger partial charge < -0.3 is 10.0 Å². The first-order valence-corrected chi connectivity index (χ1v) is 7.90. The van der Waals surface area contributed by atoms with Gasteiger partial charge in [-0.05, 0) is 36.5 Å². The van der Waals surface area contributed by atoms with E-state index in [1.165, 1.54) is 0 Å². The molecule has 0 spiro atoms. The zero-order valence-electron chi connectivity index (χ0n) is 12.3. The third-order valence-electron chi connectivity index (χ3n) is 4.14. The molecule has 1 aliphatic carbocycles. The van der Waals surface area contributed by atoms with Crippen molar-refractivity contribution in [1.29, 1.82) is 0 Å². The smallest absolute Gasteiger partial charge is 0.307 e. The minimum atomic E-state index is -0.852. The van der Waals surface area contributed by atoms with Gasteiger partial charge in [-0.25, -0.2) is 0 Å². The molecule has 2 rings (SSSR count). The lowest BCUT2D eigenvalue weighted by Gasteiger charge is -2.23. The number of carboxylic acids is 1. The van der Waals surface area contributed by atoms with Gasteiger partial charge in [0, 0.05) is 18.1 Å². The Hall–Kier alpha value is -1.36. The Bertz CT molecular complexity index is 529.